The Morgan fingerprint density at radius 1 is 1.47 bits per heavy atom. The van der Waals surface area contributed by atoms with Crippen molar-refractivity contribution in [2.75, 3.05) is 6.54 Å². The predicted molar refractivity (Wildman–Crippen MR) is 66.8 cm³/mol. The van der Waals surface area contributed by atoms with E-state index in [1.807, 2.05) is 18.2 Å². The van der Waals surface area contributed by atoms with Gasteiger partial charge in [-0.1, -0.05) is 30.3 Å². The minimum atomic E-state index is -0.692. The number of aliphatic carboxylic acids is 1. The van der Waals surface area contributed by atoms with E-state index in [0.717, 1.165) is 19.4 Å². The molecular formula is C14H19NO2. The van der Waals surface area contributed by atoms with Crippen LogP contribution in [0, 0.1) is 0 Å². The zero-order valence-electron chi connectivity index (χ0n) is 10.2. The summed E-state index contributed by atoms with van der Waals surface area (Å²) < 4.78 is 0. The van der Waals surface area contributed by atoms with Gasteiger partial charge < -0.3 is 5.11 Å². The third-order valence-corrected chi connectivity index (χ3v) is 3.61. The molecule has 1 saturated heterocycles. The van der Waals surface area contributed by atoms with Crippen molar-refractivity contribution in [3.8, 4) is 0 Å². The van der Waals surface area contributed by atoms with Crippen molar-refractivity contribution < 1.29 is 9.90 Å². The standard InChI is InChI=1S/C14H19NO2/c1-11(12-6-3-2-4-7-12)15-9-5-8-13(15)10-14(16)17/h2-4,6-7,11,13H,5,8-10H2,1H3,(H,16,17). The lowest BCUT2D eigenvalue weighted by molar-refractivity contribution is -0.138. The molecule has 1 aliphatic heterocycles. The Kier molecular flexibility index (Phi) is 3.79. The Hall–Kier alpha value is -1.35. The van der Waals surface area contributed by atoms with E-state index in [-0.39, 0.29) is 12.5 Å². The largest absolute Gasteiger partial charge is 0.481 e. The number of carboxylic acid groups (broad SMARTS) is 1. The number of carboxylic acids is 1. The Labute approximate surface area is 102 Å². The van der Waals surface area contributed by atoms with Crippen LogP contribution in [0.25, 0.3) is 0 Å². The van der Waals surface area contributed by atoms with E-state index < -0.39 is 5.97 Å². The van der Waals surface area contributed by atoms with Crippen LogP contribution in [-0.4, -0.2) is 28.6 Å². The molecule has 1 aliphatic rings. The Morgan fingerprint density at radius 2 is 2.18 bits per heavy atom. The molecule has 1 heterocycles. The molecule has 0 aliphatic carbocycles. The summed E-state index contributed by atoms with van der Waals surface area (Å²) in [6, 6.07) is 10.8. The summed E-state index contributed by atoms with van der Waals surface area (Å²) in [5.41, 5.74) is 1.27. The fraction of sp³-hybridized carbons (Fsp3) is 0.500. The summed E-state index contributed by atoms with van der Waals surface area (Å²) >= 11 is 0. The smallest absolute Gasteiger partial charge is 0.304 e. The van der Waals surface area contributed by atoms with Gasteiger partial charge in [-0.2, -0.15) is 0 Å². The van der Waals surface area contributed by atoms with Crippen LogP contribution in [0.15, 0.2) is 30.3 Å². The number of carbonyl (C=O) groups is 1. The Morgan fingerprint density at radius 3 is 2.82 bits per heavy atom. The molecule has 1 aromatic rings. The lowest BCUT2D eigenvalue weighted by atomic mass is 10.0. The summed E-state index contributed by atoms with van der Waals surface area (Å²) in [6.45, 7) is 3.17. The molecule has 2 unspecified atom stereocenters. The lowest BCUT2D eigenvalue weighted by Gasteiger charge is -2.30. The average Bonchev–Trinajstić information content (AvgIpc) is 2.76. The molecule has 0 radical (unpaired) electrons. The number of hydrogen-bond acceptors (Lipinski definition) is 2. The fourth-order valence-corrected chi connectivity index (χ4v) is 2.71. The molecule has 1 fully saturated rings. The average molecular weight is 233 g/mol. The van der Waals surface area contributed by atoms with Gasteiger partial charge in [0.2, 0.25) is 0 Å². The van der Waals surface area contributed by atoms with Crippen LogP contribution < -0.4 is 0 Å². The van der Waals surface area contributed by atoms with Gasteiger partial charge in [0.05, 0.1) is 6.42 Å². The lowest BCUT2D eigenvalue weighted by Crippen LogP contribution is -2.33. The van der Waals surface area contributed by atoms with E-state index in [4.69, 9.17) is 5.11 Å². The molecule has 1 N–H and O–H groups in total. The molecule has 0 saturated carbocycles. The molecule has 0 amide bonds. The predicted octanol–water partition coefficient (Wildman–Crippen LogP) is 2.69. The first-order valence-electron chi connectivity index (χ1n) is 6.21. The summed E-state index contributed by atoms with van der Waals surface area (Å²) in [5, 5.41) is 8.92. The molecule has 2 atom stereocenters. The number of rotatable bonds is 4. The van der Waals surface area contributed by atoms with E-state index >= 15 is 0 Å². The van der Waals surface area contributed by atoms with Gasteiger partial charge in [0.15, 0.2) is 0 Å². The van der Waals surface area contributed by atoms with Crippen LogP contribution >= 0.6 is 0 Å². The van der Waals surface area contributed by atoms with Gasteiger partial charge in [-0.05, 0) is 31.9 Å². The normalized spacial score (nSPS) is 22.5. The number of benzene rings is 1. The third-order valence-electron chi connectivity index (χ3n) is 3.61. The summed E-state index contributed by atoms with van der Waals surface area (Å²) in [4.78, 5) is 13.2. The van der Waals surface area contributed by atoms with Crippen molar-refractivity contribution in [3.63, 3.8) is 0 Å². The second-order valence-corrected chi connectivity index (χ2v) is 4.72. The first-order chi connectivity index (χ1) is 8.18. The van der Waals surface area contributed by atoms with E-state index in [2.05, 4.69) is 24.0 Å². The van der Waals surface area contributed by atoms with E-state index in [0.29, 0.717) is 6.04 Å². The van der Waals surface area contributed by atoms with E-state index in [1.54, 1.807) is 0 Å². The van der Waals surface area contributed by atoms with Gasteiger partial charge in [-0.3, -0.25) is 9.69 Å². The molecule has 0 spiro atoms. The molecule has 0 bridgehead atoms. The SMILES string of the molecule is CC(c1ccccc1)N1CCCC1CC(=O)O. The summed E-state index contributed by atoms with van der Waals surface area (Å²) in [7, 11) is 0. The van der Waals surface area contributed by atoms with Crippen LogP contribution in [0.3, 0.4) is 0 Å². The first-order valence-corrected chi connectivity index (χ1v) is 6.21. The monoisotopic (exact) mass is 233 g/mol. The molecule has 3 heteroatoms. The number of likely N-dealkylation sites (tertiary alicyclic amines) is 1. The van der Waals surface area contributed by atoms with E-state index in [9.17, 15) is 4.79 Å². The van der Waals surface area contributed by atoms with Gasteiger partial charge in [0.25, 0.3) is 0 Å². The van der Waals surface area contributed by atoms with Crippen molar-refractivity contribution >= 4 is 5.97 Å². The van der Waals surface area contributed by atoms with Crippen LogP contribution in [0.2, 0.25) is 0 Å². The maximum atomic E-state index is 10.8. The zero-order valence-corrected chi connectivity index (χ0v) is 10.2. The quantitative estimate of drug-likeness (QED) is 0.869. The van der Waals surface area contributed by atoms with Crippen molar-refractivity contribution in [1.82, 2.24) is 4.90 Å². The number of nitrogens with zero attached hydrogens (tertiary/aromatic N) is 1. The maximum absolute atomic E-state index is 10.8. The minimum absolute atomic E-state index is 0.197. The molecule has 0 aromatic heterocycles. The second-order valence-electron chi connectivity index (χ2n) is 4.72. The highest BCUT2D eigenvalue weighted by Crippen LogP contribution is 2.30. The maximum Gasteiger partial charge on any atom is 0.304 e. The van der Waals surface area contributed by atoms with E-state index in [1.165, 1.54) is 5.56 Å². The summed E-state index contributed by atoms with van der Waals surface area (Å²) in [5.74, 6) is -0.692. The molecular weight excluding hydrogens is 214 g/mol. The fourth-order valence-electron chi connectivity index (χ4n) is 2.71. The van der Waals surface area contributed by atoms with Crippen LogP contribution in [0.5, 0.6) is 0 Å². The minimum Gasteiger partial charge on any atom is -0.481 e. The zero-order chi connectivity index (χ0) is 12.3. The van der Waals surface area contributed by atoms with Crippen LogP contribution in [0.1, 0.15) is 37.8 Å². The second kappa shape index (κ2) is 5.32. The highest BCUT2D eigenvalue weighted by Gasteiger charge is 2.30. The van der Waals surface area contributed by atoms with Gasteiger partial charge in [0, 0.05) is 12.1 Å². The molecule has 1 aromatic carbocycles. The molecule has 3 nitrogen and oxygen atoms in total. The highest BCUT2D eigenvalue weighted by atomic mass is 16.4. The summed E-state index contributed by atoms with van der Waals surface area (Å²) in [6.07, 6.45) is 2.37. The highest BCUT2D eigenvalue weighted by molar-refractivity contribution is 5.67. The third kappa shape index (κ3) is 2.86. The van der Waals surface area contributed by atoms with Gasteiger partial charge in [0.1, 0.15) is 0 Å². The number of hydrogen-bond donors (Lipinski definition) is 1. The topological polar surface area (TPSA) is 40.5 Å². The van der Waals surface area contributed by atoms with Crippen LogP contribution in [0.4, 0.5) is 0 Å². The van der Waals surface area contributed by atoms with Gasteiger partial charge in [-0.25, -0.2) is 0 Å². The van der Waals surface area contributed by atoms with Crippen molar-refractivity contribution in [2.45, 2.75) is 38.3 Å². The van der Waals surface area contributed by atoms with Crippen molar-refractivity contribution in [3.05, 3.63) is 35.9 Å². The first kappa shape index (κ1) is 12.1. The van der Waals surface area contributed by atoms with Gasteiger partial charge in [-0.15, -0.1) is 0 Å². The van der Waals surface area contributed by atoms with Crippen molar-refractivity contribution in [1.29, 1.82) is 0 Å². The molecule has 92 valence electrons. The van der Waals surface area contributed by atoms with Gasteiger partial charge >= 0.3 is 5.97 Å². The Balaban J connectivity index is 2.08. The molecule has 17 heavy (non-hydrogen) atoms. The van der Waals surface area contributed by atoms with Crippen molar-refractivity contribution in [2.24, 2.45) is 0 Å². The Bertz CT molecular complexity index is 377. The van der Waals surface area contributed by atoms with Crippen LogP contribution in [-0.2, 0) is 4.79 Å². The molecule has 2 rings (SSSR count).